The summed E-state index contributed by atoms with van der Waals surface area (Å²) in [6.45, 7) is 0. The highest BCUT2D eigenvalue weighted by molar-refractivity contribution is 9.10. The Morgan fingerprint density at radius 3 is 1.30 bits per heavy atom. The van der Waals surface area contributed by atoms with E-state index in [4.69, 9.17) is 0 Å². The molecule has 0 amide bonds. The van der Waals surface area contributed by atoms with Crippen LogP contribution in [-0.4, -0.2) is 37.5 Å². The predicted octanol–water partition coefficient (Wildman–Crippen LogP) is 5.28. The molecule has 10 nitrogen and oxygen atoms in total. The van der Waals surface area contributed by atoms with Crippen molar-refractivity contribution in [2.24, 2.45) is 0 Å². The van der Waals surface area contributed by atoms with E-state index in [0.29, 0.717) is 0 Å². The molecule has 0 radical (unpaired) electrons. The predicted molar refractivity (Wildman–Crippen MR) is 151 cm³/mol. The summed E-state index contributed by atoms with van der Waals surface area (Å²) in [4.78, 5) is 26.3. The zero-order valence-corrected chi connectivity index (χ0v) is 24.6. The van der Waals surface area contributed by atoms with Gasteiger partial charge in [-0.3, -0.25) is 9.59 Å². The van der Waals surface area contributed by atoms with E-state index >= 15 is 0 Å². The second-order valence-electron chi connectivity index (χ2n) is 8.56. The molecule has 0 saturated heterocycles. The summed E-state index contributed by atoms with van der Waals surface area (Å²) in [5.74, 6) is -0.993. The van der Waals surface area contributed by atoms with E-state index in [1.165, 1.54) is 48.5 Å². The molecule has 0 aromatic heterocycles. The quantitative estimate of drug-likeness (QED) is 0.221. The van der Waals surface area contributed by atoms with Gasteiger partial charge in [-0.15, -0.1) is 0 Å². The van der Waals surface area contributed by atoms with Gasteiger partial charge in [0, 0.05) is 31.4 Å². The Labute approximate surface area is 245 Å². The monoisotopic (exact) mass is 704 g/mol. The molecule has 0 aliphatic heterocycles. The summed E-state index contributed by atoms with van der Waals surface area (Å²) in [7, 11) is -9.64. The smallest absolute Gasteiger partial charge is 0.196 e. The Kier molecular flexibility index (Phi) is 7.18. The number of rotatable bonds is 6. The molecule has 0 atom stereocenters. The van der Waals surface area contributed by atoms with E-state index < -0.39 is 41.6 Å². The van der Waals surface area contributed by atoms with Crippen molar-refractivity contribution in [2.45, 2.75) is 9.79 Å². The number of carbonyl (C=O) groups excluding carboxylic acids is 2. The molecule has 0 unspecified atom stereocenters. The topological polar surface area (TPSA) is 173 Å². The minimum atomic E-state index is -4.82. The van der Waals surface area contributed by atoms with Gasteiger partial charge in [-0.05, 0) is 80.4 Å². The number of ketones is 2. The number of hydrogen-bond donors (Lipinski definition) is 2. The largest absolute Gasteiger partial charge is 0.744 e. The zero-order chi connectivity index (χ0) is 29.0. The highest BCUT2D eigenvalue weighted by Gasteiger charge is 2.34. The van der Waals surface area contributed by atoms with Crippen LogP contribution >= 0.6 is 31.9 Å². The van der Waals surface area contributed by atoms with Gasteiger partial charge in [0.2, 0.25) is 0 Å². The third kappa shape index (κ3) is 5.21. The summed E-state index contributed by atoms with van der Waals surface area (Å²) in [6, 6.07) is 17.0. The third-order valence-corrected chi connectivity index (χ3v) is 9.70. The minimum Gasteiger partial charge on any atom is -0.744 e. The van der Waals surface area contributed by atoms with Gasteiger partial charge in [0.05, 0.1) is 32.3 Å². The maximum atomic E-state index is 13.7. The second-order valence-corrected chi connectivity index (χ2v) is 13.0. The first-order valence-electron chi connectivity index (χ1n) is 11.2. The molecule has 1 aliphatic rings. The molecule has 14 heteroatoms. The van der Waals surface area contributed by atoms with E-state index in [0.717, 1.165) is 12.1 Å². The number of carbonyl (C=O) groups is 2. The first kappa shape index (κ1) is 28.1. The summed E-state index contributed by atoms with van der Waals surface area (Å²) in [5.41, 5.74) is 0.890. The van der Waals surface area contributed by atoms with E-state index in [-0.39, 0.29) is 53.9 Å². The van der Waals surface area contributed by atoms with Crippen LogP contribution in [0.4, 0.5) is 22.7 Å². The fraction of sp³-hybridized carbons (Fsp3) is 0. The van der Waals surface area contributed by atoms with Crippen molar-refractivity contribution in [3.05, 3.63) is 104 Å². The molecule has 0 fully saturated rings. The van der Waals surface area contributed by atoms with Crippen LogP contribution in [0, 0.1) is 0 Å². The molecule has 0 heterocycles. The molecule has 4 aromatic carbocycles. The number of benzene rings is 4. The molecular weight excluding hydrogens is 692 g/mol. The Bertz CT molecular complexity index is 1840. The van der Waals surface area contributed by atoms with Crippen LogP contribution in [0.2, 0.25) is 0 Å². The molecule has 4 aromatic rings. The van der Waals surface area contributed by atoms with Gasteiger partial charge in [-0.25, -0.2) is 16.8 Å². The van der Waals surface area contributed by atoms with E-state index in [1.54, 1.807) is 12.1 Å². The molecule has 5 rings (SSSR count). The standard InChI is InChI=1S/C26H16Br2N2O8S2/c27-17-7-5-13(11-21(17)39(33,34)35)29-19-9-10-20(30-14-6-8-18(28)22(12-14)40(36,37)38)24-23(19)25(31)15-3-1-2-4-16(15)26(24)32/h1-12,29-30H,(H,33,34,35)(H,36,37,38)/p-2. The van der Waals surface area contributed by atoms with Crippen molar-refractivity contribution in [3.8, 4) is 0 Å². The number of anilines is 4. The maximum absolute atomic E-state index is 13.7. The van der Waals surface area contributed by atoms with Gasteiger partial charge in [-0.1, -0.05) is 24.3 Å². The summed E-state index contributed by atoms with van der Waals surface area (Å²) in [6.07, 6.45) is 0. The van der Waals surface area contributed by atoms with E-state index in [1.807, 2.05) is 0 Å². The molecule has 40 heavy (non-hydrogen) atoms. The Morgan fingerprint density at radius 1 is 0.575 bits per heavy atom. The second kappa shape index (κ2) is 10.2. The van der Waals surface area contributed by atoms with Gasteiger partial charge in [-0.2, -0.15) is 0 Å². The van der Waals surface area contributed by atoms with E-state index in [2.05, 4.69) is 42.5 Å². The number of nitrogens with one attached hydrogen (secondary N) is 2. The number of hydrogen-bond acceptors (Lipinski definition) is 10. The fourth-order valence-corrected chi connectivity index (χ4v) is 7.13. The van der Waals surface area contributed by atoms with Gasteiger partial charge in [0.15, 0.2) is 11.6 Å². The Balaban J connectivity index is 1.67. The lowest BCUT2D eigenvalue weighted by molar-refractivity contribution is 0.0980. The van der Waals surface area contributed by atoms with Gasteiger partial charge < -0.3 is 19.7 Å². The lowest BCUT2D eigenvalue weighted by Crippen LogP contribution is -2.23. The van der Waals surface area contributed by atoms with Crippen LogP contribution in [-0.2, 0) is 20.2 Å². The normalized spacial score (nSPS) is 13.0. The lowest BCUT2D eigenvalue weighted by atomic mass is 9.82. The van der Waals surface area contributed by atoms with E-state index in [9.17, 15) is 35.5 Å². The molecule has 0 saturated carbocycles. The molecule has 0 bridgehead atoms. The van der Waals surface area contributed by atoms with Crippen LogP contribution in [0.3, 0.4) is 0 Å². The van der Waals surface area contributed by atoms with Crippen molar-refractivity contribution >= 4 is 86.4 Å². The average Bonchev–Trinajstić information content (AvgIpc) is 2.88. The van der Waals surface area contributed by atoms with Crippen molar-refractivity contribution in [2.75, 3.05) is 10.6 Å². The molecular formula is C26H14Br2N2O8S2-2. The van der Waals surface area contributed by atoms with Crippen molar-refractivity contribution in [1.82, 2.24) is 0 Å². The number of halogens is 2. The van der Waals surface area contributed by atoms with Crippen molar-refractivity contribution in [3.63, 3.8) is 0 Å². The maximum Gasteiger partial charge on any atom is 0.196 e. The summed E-state index contributed by atoms with van der Waals surface area (Å²) in [5, 5.41) is 5.86. The first-order valence-corrected chi connectivity index (χ1v) is 15.6. The number of fused-ring (bicyclic) bond motifs is 2. The molecule has 204 valence electrons. The van der Waals surface area contributed by atoms with Gasteiger partial charge >= 0.3 is 0 Å². The first-order chi connectivity index (χ1) is 18.8. The zero-order valence-electron chi connectivity index (χ0n) is 19.8. The summed E-state index contributed by atoms with van der Waals surface area (Å²) < 4.78 is 70.1. The molecule has 1 aliphatic carbocycles. The summed E-state index contributed by atoms with van der Waals surface area (Å²) >= 11 is 6.07. The van der Waals surface area contributed by atoms with Crippen LogP contribution in [0.25, 0.3) is 0 Å². The van der Waals surface area contributed by atoms with Crippen LogP contribution in [0.1, 0.15) is 31.8 Å². The minimum absolute atomic E-state index is 0.0306. The fourth-order valence-electron chi connectivity index (χ4n) is 4.29. The Hall–Kier alpha value is -3.40. The molecule has 2 N–H and O–H groups in total. The van der Waals surface area contributed by atoms with Crippen LogP contribution < -0.4 is 10.6 Å². The lowest BCUT2D eigenvalue weighted by Gasteiger charge is -2.24. The van der Waals surface area contributed by atoms with Gasteiger partial charge in [0.1, 0.15) is 20.2 Å². The molecule has 0 spiro atoms. The highest BCUT2D eigenvalue weighted by atomic mass is 79.9. The van der Waals surface area contributed by atoms with Crippen molar-refractivity contribution in [1.29, 1.82) is 0 Å². The SMILES string of the molecule is O=C1c2ccccc2C(=O)c2c(Nc3ccc(Br)c(S(=O)(=O)[O-])c3)ccc(Nc3ccc(Br)c(S(=O)(=O)[O-])c3)c21. The Morgan fingerprint density at radius 2 is 0.950 bits per heavy atom. The highest BCUT2D eigenvalue weighted by Crippen LogP contribution is 2.39. The van der Waals surface area contributed by atoms with Crippen LogP contribution in [0.15, 0.2) is 91.5 Å². The van der Waals surface area contributed by atoms with Gasteiger partial charge in [0.25, 0.3) is 0 Å². The average molecular weight is 706 g/mol. The van der Waals surface area contributed by atoms with Crippen LogP contribution in [0.5, 0.6) is 0 Å². The van der Waals surface area contributed by atoms with Crippen molar-refractivity contribution < 1.29 is 35.5 Å². The third-order valence-electron chi connectivity index (χ3n) is 6.03.